The van der Waals surface area contributed by atoms with Gasteiger partial charge in [-0.05, 0) is 32.2 Å². The Morgan fingerprint density at radius 3 is 2.58 bits per heavy atom. The van der Waals surface area contributed by atoms with Crippen LogP contribution in [0.1, 0.15) is 39.5 Å². The Hall–Kier alpha value is -0.0800. The van der Waals surface area contributed by atoms with Crippen molar-refractivity contribution in [3.63, 3.8) is 0 Å². The first-order valence-corrected chi connectivity index (χ1v) is 4.91. The van der Waals surface area contributed by atoms with Crippen molar-refractivity contribution in [1.29, 1.82) is 0 Å². The molecule has 0 amide bonds. The Morgan fingerprint density at radius 1 is 1.33 bits per heavy atom. The minimum Gasteiger partial charge on any atom is -0.850 e. The Balaban J connectivity index is 2.56. The van der Waals surface area contributed by atoms with Gasteiger partial charge < -0.3 is 10.4 Å². The summed E-state index contributed by atoms with van der Waals surface area (Å²) in [5.74, 6) is 0.603. The fourth-order valence-electron chi connectivity index (χ4n) is 2.28. The summed E-state index contributed by atoms with van der Waals surface area (Å²) in [7, 11) is 1.96. The maximum absolute atomic E-state index is 11.9. The van der Waals surface area contributed by atoms with Crippen LogP contribution in [0.3, 0.4) is 0 Å². The van der Waals surface area contributed by atoms with Gasteiger partial charge in [0, 0.05) is 6.04 Å². The molecule has 3 unspecified atom stereocenters. The van der Waals surface area contributed by atoms with E-state index in [0.29, 0.717) is 12.0 Å². The summed E-state index contributed by atoms with van der Waals surface area (Å²) in [6.07, 6.45) is 3.98. The first kappa shape index (κ1) is 10.0. The summed E-state index contributed by atoms with van der Waals surface area (Å²) >= 11 is 0. The van der Waals surface area contributed by atoms with E-state index in [1.165, 1.54) is 6.42 Å². The minimum absolute atomic E-state index is 0.442. The summed E-state index contributed by atoms with van der Waals surface area (Å²) < 4.78 is 0. The SMILES string of the molecule is CNC1CCC(C)CC(C)([O-])C1. The quantitative estimate of drug-likeness (QED) is 0.593. The van der Waals surface area contributed by atoms with Crippen molar-refractivity contribution in [3.05, 3.63) is 0 Å². The van der Waals surface area contributed by atoms with E-state index >= 15 is 0 Å². The van der Waals surface area contributed by atoms with Crippen LogP contribution < -0.4 is 10.4 Å². The molecule has 0 spiro atoms. The molecule has 1 fully saturated rings. The van der Waals surface area contributed by atoms with Crippen LogP contribution in [0, 0.1) is 5.92 Å². The van der Waals surface area contributed by atoms with Crippen LogP contribution in [0.2, 0.25) is 0 Å². The smallest absolute Gasteiger partial charge is 0.00564 e. The molecule has 2 nitrogen and oxygen atoms in total. The molecule has 1 saturated carbocycles. The highest BCUT2D eigenvalue weighted by atomic mass is 16.3. The molecule has 1 aliphatic rings. The number of hydrogen-bond acceptors (Lipinski definition) is 2. The first-order chi connectivity index (χ1) is 5.53. The van der Waals surface area contributed by atoms with Crippen LogP contribution in [0.15, 0.2) is 0 Å². The number of hydrogen-bond donors (Lipinski definition) is 1. The van der Waals surface area contributed by atoms with E-state index in [1.54, 1.807) is 0 Å². The highest BCUT2D eigenvalue weighted by Gasteiger charge is 2.23. The van der Waals surface area contributed by atoms with Gasteiger partial charge >= 0.3 is 0 Å². The van der Waals surface area contributed by atoms with E-state index in [2.05, 4.69) is 12.2 Å². The van der Waals surface area contributed by atoms with Gasteiger partial charge in [0.1, 0.15) is 0 Å². The molecule has 0 bridgehead atoms. The van der Waals surface area contributed by atoms with Crippen molar-refractivity contribution in [2.45, 2.75) is 51.2 Å². The van der Waals surface area contributed by atoms with Gasteiger partial charge in [-0.1, -0.05) is 20.3 Å². The van der Waals surface area contributed by atoms with E-state index in [-0.39, 0.29) is 0 Å². The first-order valence-electron chi connectivity index (χ1n) is 4.91. The molecule has 0 radical (unpaired) electrons. The third kappa shape index (κ3) is 2.76. The van der Waals surface area contributed by atoms with Gasteiger partial charge in [0.05, 0.1) is 0 Å². The van der Waals surface area contributed by atoms with Crippen LogP contribution in [0.5, 0.6) is 0 Å². The summed E-state index contributed by atoms with van der Waals surface area (Å²) in [4.78, 5) is 0. The number of nitrogens with one attached hydrogen (secondary N) is 1. The fourth-order valence-corrected chi connectivity index (χ4v) is 2.28. The summed E-state index contributed by atoms with van der Waals surface area (Å²) in [5, 5.41) is 15.1. The van der Waals surface area contributed by atoms with Gasteiger partial charge in [0.25, 0.3) is 0 Å². The number of rotatable bonds is 1. The highest BCUT2D eigenvalue weighted by Crippen LogP contribution is 2.28. The van der Waals surface area contributed by atoms with Crippen molar-refractivity contribution >= 4 is 0 Å². The Labute approximate surface area is 75.4 Å². The highest BCUT2D eigenvalue weighted by molar-refractivity contribution is 4.84. The lowest BCUT2D eigenvalue weighted by atomic mass is 9.91. The van der Waals surface area contributed by atoms with Crippen molar-refractivity contribution < 1.29 is 5.11 Å². The normalized spacial score (nSPS) is 44.0. The molecular formula is C10H20NO-. The molecule has 0 saturated heterocycles. The largest absolute Gasteiger partial charge is 0.850 e. The Morgan fingerprint density at radius 2 is 2.00 bits per heavy atom. The molecule has 3 atom stereocenters. The third-order valence-electron chi connectivity index (χ3n) is 2.87. The third-order valence-corrected chi connectivity index (χ3v) is 2.87. The molecule has 0 heterocycles. The van der Waals surface area contributed by atoms with E-state index in [0.717, 1.165) is 19.3 Å². The van der Waals surface area contributed by atoms with Gasteiger partial charge in [-0.15, -0.1) is 5.60 Å². The molecule has 0 aromatic rings. The molecule has 1 aliphatic carbocycles. The standard InChI is InChI=1S/C10H20NO/c1-8-4-5-9(11-3)7-10(2,12)6-8/h8-9,11H,4-7H2,1-3H3/q-1. The van der Waals surface area contributed by atoms with Gasteiger partial charge in [0.2, 0.25) is 0 Å². The monoisotopic (exact) mass is 170 g/mol. The van der Waals surface area contributed by atoms with Crippen LogP contribution >= 0.6 is 0 Å². The molecule has 2 heteroatoms. The summed E-state index contributed by atoms with van der Waals surface area (Å²) in [6.45, 7) is 4.04. The fraction of sp³-hybridized carbons (Fsp3) is 1.00. The maximum atomic E-state index is 11.9. The molecule has 72 valence electrons. The van der Waals surface area contributed by atoms with Crippen LogP contribution in [-0.2, 0) is 0 Å². The van der Waals surface area contributed by atoms with Gasteiger partial charge in [-0.3, -0.25) is 0 Å². The Kier molecular flexibility index (Phi) is 3.13. The van der Waals surface area contributed by atoms with E-state index in [9.17, 15) is 5.11 Å². The lowest BCUT2D eigenvalue weighted by Crippen LogP contribution is -2.45. The second-order valence-electron chi connectivity index (χ2n) is 4.53. The summed E-state index contributed by atoms with van der Waals surface area (Å²) in [6, 6.07) is 0.442. The van der Waals surface area contributed by atoms with Crippen molar-refractivity contribution in [3.8, 4) is 0 Å². The van der Waals surface area contributed by atoms with Gasteiger partial charge in [0.15, 0.2) is 0 Å². The molecule has 1 N–H and O–H groups in total. The van der Waals surface area contributed by atoms with Crippen LogP contribution in [-0.4, -0.2) is 18.7 Å². The van der Waals surface area contributed by atoms with Crippen molar-refractivity contribution in [2.24, 2.45) is 5.92 Å². The van der Waals surface area contributed by atoms with Crippen LogP contribution in [0.25, 0.3) is 0 Å². The predicted octanol–water partition coefficient (Wildman–Crippen LogP) is 0.903. The van der Waals surface area contributed by atoms with Crippen LogP contribution in [0.4, 0.5) is 0 Å². The predicted molar refractivity (Wildman–Crippen MR) is 48.9 cm³/mol. The topological polar surface area (TPSA) is 35.1 Å². The maximum Gasteiger partial charge on any atom is 0.00564 e. The molecule has 1 rings (SSSR count). The zero-order valence-corrected chi connectivity index (χ0v) is 8.39. The van der Waals surface area contributed by atoms with E-state index in [1.807, 2.05) is 14.0 Å². The molecule has 0 aromatic heterocycles. The summed E-state index contributed by atoms with van der Waals surface area (Å²) in [5.41, 5.74) is -0.705. The lowest BCUT2D eigenvalue weighted by molar-refractivity contribution is -0.477. The molecule has 12 heavy (non-hydrogen) atoms. The molecule has 0 aromatic carbocycles. The average molecular weight is 170 g/mol. The second kappa shape index (κ2) is 3.75. The minimum atomic E-state index is -0.705. The van der Waals surface area contributed by atoms with E-state index in [4.69, 9.17) is 0 Å². The lowest BCUT2D eigenvalue weighted by Gasteiger charge is -2.38. The van der Waals surface area contributed by atoms with Crippen molar-refractivity contribution in [2.75, 3.05) is 7.05 Å². The molecule has 0 aliphatic heterocycles. The average Bonchev–Trinajstić information content (AvgIpc) is 2.07. The zero-order chi connectivity index (χ0) is 9.19. The van der Waals surface area contributed by atoms with Gasteiger partial charge in [-0.25, -0.2) is 0 Å². The second-order valence-corrected chi connectivity index (χ2v) is 4.53. The van der Waals surface area contributed by atoms with Crippen molar-refractivity contribution in [1.82, 2.24) is 5.32 Å². The Bertz CT molecular complexity index is 145. The van der Waals surface area contributed by atoms with Gasteiger partial charge in [-0.2, -0.15) is 0 Å². The van der Waals surface area contributed by atoms with E-state index < -0.39 is 5.60 Å². The molecular weight excluding hydrogens is 150 g/mol. The zero-order valence-electron chi connectivity index (χ0n) is 8.39.